The second-order valence-corrected chi connectivity index (χ2v) is 6.60. The molecule has 1 amide bonds. The van der Waals surface area contributed by atoms with Crippen LogP contribution >= 0.6 is 0 Å². The molecule has 2 aliphatic heterocycles. The van der Waals surface area contributed by atoms with Gasteiger partial charge in [0.05, 0.1) is 6.04 Å². The fourth-order valence-electron chi connectivity index (χ4n) is 3.35. The number of rotatable bonds is 3. The lowest BCUT2D eigenvalue weighted by atomic mass is 9.97. The zero-order valence-corrected chi connectivity index (χ0v) is 14.1. The van der Waals surface area contributed by atoms with Crippen molar-refractivity contribution < 1.29 is 9.53 Å². The number of aromatic nitrogens is 4. The SMILES string of the molecule is Cc1nnc2ccc(N3CC(N(C)C(=O)C4CCOCC4)C3)nn12. The van der Waals surface area contributed by atoms with E-state index in [0.717, 1.165) is 43.2 Å². The quantitative estimate of drug-likeness (QED) is 0.816. The van der Waals surface area contributed by atoms with E-state index in [0.29, 0.717) is 13.2 Å². The van der Waals surface area contributed by atoms with Gasteiger partial charge in [-0.2, -0.15) is 4.52 Å². The standard InChI is InChI=1S/C16H22N6O2/c1-11-17-18-14-3-4-15(19-22(11)14)21-9-13(10-21)20(2)16(23)12-5-7-24-8-6-12/h3-4,12-13H,5-10H2,1-2H3. The average Bonchev–Trinajstić information content (AvgIpc) is 2.94. The molecular formula is C16H22N6O2. The van der Waals surface area contributed by atoms with Crippen LogP contribution in [0, 0.1) is 12.8 Å². The Labute approximate surface area is 140 Å². The van der Waals surface area contributed by atoms with Crippen LogP contribution in [0.25, 0.3) is 5.65 Å². The topological polar surface area (TPSA) is 75.9 Å². The molecule has 0 spiro atoms. The fourth-order valence-corrected chi connectivity index (χ4v) is 3.35. The molecule has 4 heterocycles. The Morgan fingerprint density at radius 3 is 2.75 bits per heavy atom. The molecule has 2 fully saturated rings. The Hall–Kier alpha value is -2.22. The van der Waals surface area contributed by atoms with Crippen molar-refractivity contribution in [2.45, 2.75) is 25.8 Å². The lowest BCUT2D eigenvalue weighted by Crippen LogP contribution is -2.61. The normalized spacial score (nSPS) is 19.5. The van der Waals surface area contributed by atoms with Gasteiger partial charge in [-0.3, -0.25) is 4.79 Å². The van der Waals surface area contributed by atoms with E-state index in [2.05, 4.69) is 20.2 Å². The summed E-state index contributed by atoms with van der Waals surface area (Å²) in [5.41, 5.74) is 0.750. The molecule has 24 heavy (non-hydrogen) atoms. The number of hydrogen-bond donors (Lipinski definition) is 0. The van der Waals surface area contributed by atoms with Crippen LogP contribution in [0.15, 0.2) is 12.1 Å². The Bertz CT molecular complexity index is 748. The third-order valence-corrected chi connectivity index (χ3v) is 5.06. The second-order valence-electron chi connectivity index (χ2n) is 6.60. The molecular weight excluding hydrogens is 308 g/mol. The number of hydrogen-bond acceptors (Lipinski definition) is 6. The molecule has 4 rings (SSSR count). The maximum Gasteiger partial charge on any atom is 0.225 e. The number of likely N-dealkylation sites (N-methyl/N-ethyl adjacent to an activating group) is 1. The Morgan fingerprint density at radius 1 is 1.25 bits per heavy atom. The van der Waals surface area contributed by atoms with Crippen LogP contribution in [-0.4, -0.2) is 70.0 Å². The van der Waals surface area contributed by atoms with Crippen LogP contribution in [0.5, 0.6) is 0 Å². The van der Waals surface area contributed by atoms with Gasteiger partial charge < -0.3 is 14.5 Å². The van der Waals surface area contributed by atoms with Gasteiger partial charge in [0, 0.05) is 39.3 Å². The van der Waals surface area contributed by atoms with Gasteiger partial charge in [-0.15, -0.1) is 15.3 Å². The summed E-state index contributed by atoms with van der Waals surface area (Å²) in [5.74, 6) is 2.04. The number of ether oxygens (including phenoxy) is 1. The number of aryl methyl sites for hydroxylation is 1. The fraction of sp³-hybridized carbons (Fsp3) is 0.625. The third kappa shape index (κ3) is 2.60. The number of anilines is 1. The number of carbonyl (C=O) groups excluding carboxylic acids is 1. The predicted octanol–water partition coefficient (Wildman–Crippen LogP) is 0.506. The highest BCUT2D eigenvalue weighted by molar-refractivity contribution is 5.79. The van der Waals surface area contributed by atoms with Crippen molar-refractivity contribution in [1.29, 1.82) is 0 Å². The van der Waals surface area contributed by atoms with E-state index in [1.54, 1.807) is 4.52 Å². The molecule has 8 heteroatoms. The molecule has 128 valence electrons. The molecule has 2 aromatic rings. The number of fused-ring (bicyclic) bond motifs is 1. The molecule has 0 aromatic carbocycles. The van der Waals surface area contributed by atoms with Gasteiger partial charge in [0.1, 0.15) is 5.82 Å². The van der Waals surface area contributed by atoms with Crippen molar-refractivity contribution >= 4 is 17.4 Å². The summed E-state index contributed by atoms with van der Waals surface area (Å²) in [4.78, 5) is 16.7. The molecule has 2 saturated heterocycles. The summed E-state index contributed by atoms with van der Waals surface area (Å²) in [7, 11) is 1.92. The molecule has 0 N–H and O–H groups in total. The molecule has 2 aromatic heterocycles. The van der Waals surface area contributed by atoms with Crippen molar-refractivity contribution in [2.24, 2.45) is 5.92 Å². The Balaban J connectivity index is 1.39. The Kier molecular flexibility index (Phi) is 3.84. The summed E-state index contributed by atoms with van der Waals surface area (Å²) in [6, 6.07) is 4.13. The van der Waals surface area contributed by atoms with Crippen LogP contribution in [0.1, 0.15) is 18.7 Å². The van der Waals surface area contributed by atoms with E-state index < -0.39 is 0 Å². The molecule has 2 aliphatic rings. The molecule has 0 radical (unpaired) electrons. The van der Waals surface area contributed by atoms with Crippen molar-refractivity contribution in [3.63, 3.8) is 0 Å². The molecule has 0 aliphatic carbocycles. The van der Waals surface area contributed by atoms with Crippen LogP contribution in [0.2, 0.25) is 0 Å². The lowest BCUT2D eigenvalue weighted by molar-refractivity contribution is -0.139. The summed E-state index contributed by atoms with van der Waals surface area (Å²) in [6.07, 6.45) is 1.68. The maximum atomic E-state index is 12.6. The van der Waals surface area contributed by atoms with E-state index in [9.17, 15) is 4.79 Å². The van der Waals surface area contributed by atoms with E-state index in [1.807, 2.05) is 31.0 Å². The van der Waals surface area contributed by atoms with E-state index in [4.69, 9.17) is 4.74 Å². The minimum Gasteiger partial charge on any atom is -0.381 e. The van der Waals surface area contributed by atoms with Gasteiger partial charge in [-0.25, -0.2) is 0 Å². The second kappa shape index (κ2) is 6.01. The highest BCUT2D eigenvalue weighted by atomic mass is 16.5. The number of amides is 1. The van der Waals surface area contributed by atoms with E-state index in [1.165, 1.54) is 0 Å². The van der Waals surface area contributed by atoms with Crippen LogP contribution in [0.4, 0.5) is 5.82 Å². The zero-order chi connectivity index (χ0) is 16.7. The molecule has 8 nitrogen and oxygen atoms in total. The largest absolute Gasteiger partial charge is 0.381 e. The molecule has 0 bridgehead atoms. The first kappa shape index (κ1) is 15.3. The third-order valence-electron chi connectivity index (χ3n) is 5.06. The first-order valence-corrected chi connectivity index (χ1v) is 8.42. The average molecular weight is 330 g/mol. The minimum absolute atomic E-state index is 0.118. The van der Waals surface area contributed by atoms with Crippen molar-refractivity contribution in [2.75, 3.05) is 38.3 Å². The monoisotopic (exact) mass is 330 g/mol. The minimum atomic E-state index is 0.118. The summed E-state index contributed by atoms with van der Waals surface area (Å²) >= 11 is 0. The van der Waals surface area contributed by atoms with Crippen molar-refractivity contribution in [3.8, 4) is 0 Å². The van der Waals surface area contributed by atoms with Gasteiger partial charge >= 0.3 is 0 Å². The lowest BCUT2D eigenvalue weighted by Gasteiger charge is -2.45. The van der Waals surface area contributed by atoms with Gasteiger partial charge in [-0.1, -0.05) is 0 Å². The Morgan fingerprint density at radius 2 is 2.00 bits per heavy atom. The number of carbonyl (C=O) groups is 1. The van der Waals surface area contributed by atoms with Gasteiger partial charge in [0.25, 0.3) is 0 Å². The van der Waals surface area contributed by atoms with Gasteiger partial charge in [0.2, 0.25) is 5.91 Å². The maximum absolute atomic E-state index is 12.6. The molecule has 0 saturated carbocycles. The van der Waals surface area contributed by atoms with E-state index >= 15 is 0 Å². The van der Waals surface area contributed by atoms with Crippen molar-refractivity contribution in [3.05, 3.63) is 18.0 Å². The first-order valence-electron chi connectivity index (χ1n) is 8.42. The predicted molar refractivity (Wildman–Crippen MR) is 87.8 cm³/mol. The summed E-state index contributed by atoms with van der Waals surface area (Å²) in [6.45, 7) is 4.90. The molecule has 0 unspecified atom stereocenters. The first-order chi connectivity index (χ1) is 11.6. The highest BCUT2D eigenvalue weighted by Gasteiger charge is 2.36. The van der Waals surface area contributed by atoms with Crippen molar-refractivity contribution in [1.82, 2.24) is 24.7 Å². The highest BCUT2D eigenvalue weighted by Crippen LogP contribution is 2.24. The smallest absolute Gasteiger partial charge is 0.225 e. The van der Waals surface area contributed by atoms with Gasteiger partial charge in [-0.05, 0) is 31.9 Å². The number of nitrogens with zero attached hydrogens (tertiary/aromatic N) is 6. The van der Waals surface area contributed by atoms with Crippen LogP contribution in [0.3, 0.4) is 0 Å². The van der Waals surface area contributed by atoms with Crippen LogP contribution < -0.4 is 4.90 Å². The summed E-state index contributed by atoms with van der Waals surface area (Å²) in [5, 5.41) is 12.7. The van der Waals surface area contributed by atoms with Gasteiger partial charge in [0.15, 0.2) is 11.5 Å². The van der Waals surface area contributed by atoms with E-state index in [-0.39, 0.29) is 17.9 Å². The summed E-state index contributed by atoms with van der Waals surface area (Å²) < 4.78 is 7.09. The zero-order valence-electron chi connectivity index (χ0n) is 14.1. The molecule has 0 atom stereocenters. The van der Waals surface area contributed by atoms with Crippen LogP contribution in [-0.2, 0) is 9.53 Å².